The third-order valence-corrected chi connectivity index (χ3v) is 7.32. The van der Waals surface area contributed by atoms with Gasteiger partial charge >= 0.3 is 0 Å². The van der Waals surface area contributed by atoms with Crippen LogP contribution in [0.1, 0.15) is 22.9 Å². The molecule has 0 radical (unpaired) electrons. The third kappa shape index (κ3) is 3.27. The van der Waals surface area contributed by atoms with E-state index in [0.717, 1.165) is 39.3 Å². The summed E-state index contributed by atoms with van der Waals surface area (Å²) < 4.78 is 36.2. The van der Waals surface area contributed by atoms with E-state index in [1.807, 2.05) is 35.8 Å². The van der Waals surface area contributed by atoms with Crippen LogP contribution < -0.4 is 0 Å². The van der Waals surface area contributed by atoms with Crippen LogP contribution in [0.3, 0.4) is 0 Å². The van der Waals surface area contributed by atoms with E-state index in [1.165, 1.54) is 18.2 Å². The van der Waals surface area contributed by atoms with Crippen LogP contribution in [0.4, 0.5) is 8.78 Å². The van der Waals surface area contributed by atoms with Crippen molar-refractivity contribution in [3.8, 4) is 22.6 Å². The molecular weight excluding hydrogens is 494 g/mol. The highest BCUT2D eigenvalue weighted by atomic mass is 19.1. The molecule has 39 heavy (non-hydrogen) atoms. The van der Waals surface area contributed by atoms with Gasteiger partial charge in [-0.2, -0.15) is 0 Å². The average Bonchev–Trinajstić information content (AvgIpc) is 3.54. The number of imidazole rings is 2. The number of nitrogens with zero attached hydrogens (tertiary/aromatic N) is 6. The summed E-state index contributed by atoms with van der Waals surface area (Å²) in [6, 6.07) is 22.4. The second-order valence-electron chi connectivity index (χ2n) is 9.82. The molecule has 0 aliphatic heterocycles. The SMILES string of the molecule is Cc1nc(-c2c(F)cccc2F)c2nc(C)n(-c3cccc(C)c3-n3c4ccccc4n4c(C)ccc34)c2n1. The summed E-state index contributed by atoms with van der Waals surface area (Å²) in [5, 5.41) is 0. The molecule has 0 aliphatic carbocycles. The van der Waals surface area contributed by atoms with Crippen LogP contribution in [-0.2, 0) is 0 Å². The van der Waals surface area contributed by atoms with Gasteiger partial charge in [0.05, 0.1) is 28.0 Å². The lowest BCUT2D eigenvalue weighted by Gasteiger charge is -2.17. The number of fused-ring (bicyclic) bond motifs is 4. The van der Waals surface area contributed by atoms with E-state index in [1.54, 1.807) is 6.92 Å². The van der Waals surface area contributed by atoms with Gasteiger partial charge < -0.3 is 0 Å². The maximum atomic E-state index is 14.9. The molecule has 0 spiro atoms. The van der Waals surface area contributed by atoms with Gasteiger partial charge in [-0.3, -0.25) is 13.5 Å². The zero-order chi connectivity index (χ0) is 27.0. The minimum atomic E-state index is -0.692. The summed E-state index contributed by atoms with van der Waals surface area (Å²) >= 11 is 0. The zero-order valence-electron chi connectivity index (χ0n) is 21.9. The van der Waals surface area contributed by atoms with Gasteiger partial charge in [0.2, 0.25) is 0 Å². The first-order chi connectivity index (χ1) is 18.8. The molecule has 7 rings (SSSR count). The molecule has 192 valence electrons. The lowest BCUT2D eigenvalue weighted by Crippen LogP contribution is -2.08. The molecule has 0 N–H and O–H groups in total. The summed E-state index contributed by atoms with van der Waals surface area (Å²) in [6.07, 6.45) is 0. The van der Waals surface area contributed by atoms with Gasteiger partial charge in [0.25, 0.3) is 0 Å². The fourth-order valence-corrected chi connectivity index (χ4v) is 5.69. The van der Waals surface area contributed by atoms with Gasteiger partial charge in [0.15, 0.2) is 5.65 Å². The first-order valence-electron chi connectivity index (χ1n) is 12.7. The molecule has 0 aliphatic rings. The van der Waals surface area contributed by atoms with Crippen LogP contribution in [0.25, 0.3) is 50.5 Å². The summed E-state index contributed by atoms with van der Waals surface area (Å²) in [7, 11) is 0. The van der Waals surface area contributed by atoms with Gasteiger partial charge in [-0.25, -0.2) is 23.7 Å². The highest BCUT2D eigenvalue weighted by molar-refractivity contribution is 5.91. The molecule has 7 aromatic rings. The monoisotopic (exact) mass is 518 g/mol. The predicted molar refractivity (Wildman–Crippen MR) is 149 cm³/mol. The molecule has 0 unspecified atom stereocenters. The maximum Gasteiger partial charge on any atom is 0.169 e. The Morgan fingerprint density at radius 3 is 2.15 bits per heavy atom. The molecule has 3 aromatic carbocycles. The molecule has 0 atom stereocenters. The van der Waals surface area contributed by atoms with Crippen molar-refractivity contribution < 1.29 is 8.78 Å². The summed E-state index contributed by atoms with van der Waals surface area (Å²) in [6.45, 7) is 7.77. The van der Waals surface area contributed by atoms with E-state index >= 15 is 0 Å². The molecule has 4 heterocycles. The fraction of sp³-hybridized carbons (Fsp3) is 0.129. The topological polar surface area (TPSA) is 52.9 Å². The summed E-state index contributed by atoms with van der Waals surface area (Å²) in [4.78, 5) is 13.9. The Morgan fingerprint density at radius 2 is 1.38 bits per heavy atom. The standard InChI is InChI=1S/C31H24F2N6/c1-17-9-7-14-25(30(17)39-24-13-6-5-12-23(24)37-18(2)15-16-26(37)39)38-20(4)36-29-28(34-19(3)35-31(29)38)27-21(32)10-8-11-22(27)33/h5-16H,1-4H3. The van der Waals surface area contributed by atoms with Gasteiger partial charge in [-0.1, -0.05) is 30.3 Å². The van der Waals surface area contributed by atoms with Crippen LogP contribution >= 0.6 is 0 Å². The van der Waals surface area contributed by atoms with Crippen molar-refractivity contribution in [3.05, 3.63) is 107 Å². The highest BCUT2D eigenvalue weighted by Crippen LogP contribution is 2.36. The van der Waals surface area contributed by atoms with Gasteiger partial charge in [-0.05, 0) is 75.7 Å². The van der Waals surface area contributed by atoms with Crippen LogP contribution in [0.15, 0.2) is 72.8 Å². The number of hydrogen-bond donors (Lipinski definition) is 0. The highest BCUT2D eigenvalue weighted by Gasteiger charge is 2.25. The Hall–Kier alpha value is -4.85. The average molecular weight is 519 g/mol. The van der Waals surface area contributed by atoms with Crippen molar-refractivity contribution in [3.63, 3.8) is 0 Å². The Morgan fingerprint density at radius 1 is 0.667 bits per heavy atom. The fourth-order valence-electron chi connectivity index (χ4n) is 5.69. The van der Waals surface area contributed by atoms with Crippen molar-refractivity contribution in [2.24, 2.45) is 0 Å². The van der Waals surface area contributed by atoms with Crippen molar-refractivity contribution in [2.45, 2.75) is 27.7 Å². The Balaban J connectivity index is 1.59. The second-order valence-corrected chi connectivity index (χ2v) is 9.82. The quantitative estimate of drug-likeness (QED) is 0.249. The predicted octanol–water partition coefficient (Wildman–Crippen LogP) is 7.19. The minimum absolute atomic E-state index is 0.139. The van der Waals surface area contributed by atoms with Gasteiger partial charge in [-0.15, -0.1) is 0 Å². The molecule has 0 bridgehead atoms. The Labute approximate surface area is 222 Å². The number of hydrogen-bond acceptors (Lipinski definition) is 3. The number of aromatic nitrogens is 6. The van der Waals surface area contributed by atoms with Crippen LogP contribution in [0, 0.1) is 39.3 Å². The normalized spacial score (nSPS) is 11.8. The van der Waals surface area contributed by atoms with Crippen molar-refractivity contribution in [2.75, 3.05) is 0 Å². The molecule has 4 aromatic heterocycles. The summed E-state index contributed by atoms with van der Waals surface area (Å²) in [5.41, 5.74) is 7.99. The molecule has 0 amide bonds. The number of aryl methyl sites for hydroxylation is 4. The van der Waals surface area contributed by atoms with Crippen molar-refractivity contribution >= 4 is 27.8 Å². The lowest BCUT2D eigenvalue weighted by atomic mass is 10.1. The van der Waals surface area contributed by atoms with Crippen LogP contribution in [0.2, 0.25) is 0 Å². The third-order valence-electron chi connectivity index (χ3n) is 7.32. The maximum absolute atomic E-state index is 14.9. The molecule has 0 fully saturated rings. The van der Waals surface area contributed by atoms with E-state index in [4.69, 9.17) is 9.97 Å². The Kier molecular flexibility index (Phi) is 4.97. The number of benzene rings is 3. The van der Waals surface area contributed by atoms with E-state index < -0.39 is 11.6 Å². The van der Waals surface area contributed by atoms with E-state index in [-0.39, 0.29) is 11.3 Å². The minimum Gasteiger partial charge on any atom is -0.298 e. The van der Waals surface area contributed by atoms with Crippen molar-refractivity contribution in [1.82, 2.24) is 28.5 Å². The second kappa shape index (κ2) is 8.33. The van der Waals surface area contributed by atoms with Gasteiger partial charge in [0, 0.05) is 5.69 Å². The largest absolute Gasteiger partial charge is 0.298 e. The smallest absolute Gasteiger partial charge is 0.169 e. The summed E-state index contributed by atoms with van der Waals surface area (Å²) in [5.74, 6) is -0.356. The van der Waals surface area contributed by atoms with Crippen LogP contribution in [0.5, 0.6) is 0 Å². The zero-order valence-corrected chi connectivity index (χ0v) is 21.9. The van der Waals surface area contributed by atoms with Crippen LogP contribution in [-0.4, -0.2) is 28.5 Å². The van der Waals surface area contributed by atoms with E-state index in [9.17, 15) is 8.78 Å². The Bertz CT molecular complexity index is 2080. The lowest BCUT2D eigenvalue weighted by molar-refractivity contribution is 0.589. The first-order valence-corrected chi connectivity index (χ1v) is 12.7. The molecule has 6 nitrogen and oxygen atoms in total. The number of rotatable bonds is 3. The molecule has 0 saturated carbocycles. The molecule has 0 saturated heterocycles. The first kappa shape index (κ1) is 23.3. The molecule has 8 heteroatoms. The number of para-hydroxylation sites is 3. The number of halogens is 2. The van der Waals surface area contributed by atoms with Gasteiger partial charge in [0.1, 0.15) is 40.1 Å². The van der Waals surface area contributed by atoms with Crippen molar-refractivity contribution in [1.29, 1.82) is 0 Å². The van der Waals surface area contributed by atoms with E-state index in [2.05, 4.69) is 58.1 Å². The van der Waals surface area contributed by atoms with E-state index in [0.29, 0.717) is 22.8 Å². The molecular formula is C31H24F2N6.